The fourth-order valence-corrected chi connectivity index (χ4v) is 15.9. The molecule has 32 nitrogen and oxygen atoms in total. The van der Waals surface area contributed by atoms with Gasteiger partial charge >= 0.3 is 0 Å². The molecule has 10 N–H and O–H groups in total. The number of piperidine rings is 6. The number of nitrogens with one attached hydrogen (secondary N) is 10. The van der Waals surface area contributed by atoms with Gasteiger partial charge in [0.25, 0.3) is 0 Å². The van der Waals surface area contributed by atoms with Gasteiger partial charge in [0.15, 0.2) is 0 Å². The maximum Gasteiger partial charge on any atom is 0.245 e. The Labute approximate surface area is 894 Å². The summed E-state index contributed by atoms with van der Waals surface area (Å²) in [6.45, 7) is 53.2. The van der Waals surface area contributed by atoms with Gasteiger partial charge in [-0.05, 0) is 262 Å². The number of aryl methyl sites for hydroxylation is 3. The molecule has 0 unspecified atom stereocenters. The van der Waals surface area contributed by atoms with E-state index in [1.165, 1.54) is 218 Å². The number of nitrogens with zero attached hydrogens (tertiary/aromatic N) is 7. The number of hydrogen-bond donors (Lipinski definition) is 10. The summed E-state index contributed by atoms with van der Waals surface area (Å²) < 4.78 is 30.6. The molecule has 6 fully saturated rings. The van der Waals surface area contributed by atoms with Crippen LogP contribution in [0.15, 0.2) is 71.4 Å². The van der Waals surface area contributed by atoms with Gasteiger partial charge in [-0.3, -0.25) is 57.9 Å². The van der Waals surface area contributed by atoms with E-state index in [1.807, 2.05) is 89.3 Å². The second kappa shape index (κ2) is 99.8. The minimum absolute atomic E-state index is 0. The zero-order chi connectivity index (χ0) is 108. The Morgan fingerprint density at radius 3 is 1.11 bits per heavy atom. The lowest BCUT2D eigenvalue weighted by Gasteiger charge is -2.41. The molecule has 1 aromatic heterocycles. The summed E-state index contributed by atoms with van der Waals surface area (Å²) in [5.41, 5.74) is 5.45. The Morgan fingerprint density at radius 1 is 0.361 bits per heavy atom. The van der Waals surface area contributed by atoms with Crippen molar-refractivity contribution in [2.24, 2.45) is 29.6 Å². The largest absolute Gasteiger partial charge is 0.487 e. The molecule has 32 heteroatoms. The third-order valence-electron chi connectivity index (χ3n) is 26.2. The summed E-state index contributed by atoms with van der Waals surface area (Å²) in [6, 6.07) is 18.5. The van der Waals surface area contributed by atoms with Crippen LogP contribution >= 0.6 is 0 Å². The monoisotopic (exact) mass is 2080 g/mol. The minimum atomic E-state index is -0.0662. The van der Waals surface area contributed by atoms with E-state index >= 15 is 0 Å². The van der Waals surface area contributed by atoms with Crippen molar-refractivity contribution in [3.8, 4) is 5.75 Å². The number of aromatic nitrogens is 1. The molecule has 2 aromatic carbocycles. The number of likely N-dealkylation sites (N-methyl/N-ethyl adjacent to an activating group) is 8. The first kappa shape index (κ1) is 145. The molecule has 6 aliphatic rings. The average Bonchev–Trinajstić information content (AvgIpc) is 1.57. The molecule has 6 aliphatic heterocycles. The van der Waals surface area contributed by atoms with E-state index in [9.17, 15) is 43.2 Å². The summed E-state index contributed by atoms with van der Waals surface area (Å²) in [7, 11) is 16.8. The van der Waals surface area contributed by atoms with Crippen LogP contribution < -0.4 is 57.9 Å². The molecule has 7 heterocycles. The number of unbranched alkanes of at least 4 members (excludes halogenated alkanes) is 11. The highest BCUT2D eigenvalue weighted by atomic mass is 16.5. The quantitative estimate of drug-likeness (QED) is 0.0235. The highest BCUT2D eigenvalue weighted by Crippen LogP contribution is 2.27. The minimum Gasteiger partial charge on any atom is -0.487 e. The van der Waals surface area contributed by atoms with E-state index in [-0.39, 0.29) is 94.4 Å². The molecule has 0 aliphatic carbocycles. The average molecular weight is 2080 g/mol. The summed E-state index contributed by atoms with van der Waals surface area (Å²) in [4.78, 5) is 112. The zero-order valence-electron chi connectivity index (χ0n) is 95.3. The predicted molar refractivity (Wildman–Crippen MR) is 607 cm³/mol. The van der Waals surface area contributed by atoms with Crippen LogP contribution in [0.4, 0.5) is 0 Å². The molecule has 0 spiro atoms. The molecule has 9 rings (SSSR count). The lowest BCUT2D eigenvalue weighted by atomic mass is 9.92. The van der Waals surface area contributed by atoms with E-state index in [0.717, 1.165) is 148 Å². The summed E-state index contributed by atoms with van der Waals surface area (Å²) in [5, 5.41) is 30.1. The van der Waals surface area contributed by atoms with E-state index < -0.39 is 0 Å². The molecular formula is C115H219N17O15. The SMILES string of the molecule is C.C.C=C(CN1CCC(CN2CCC(C)CC2)CC1)NC.CCCCCC(=O)NC.CCCCCCC(=O)NC.CCCCCCOCC(=O)NC.CCCCCOCC(=O)NC.CCCCOCC(=O)NC.CCCOCC(=O)NC.CNC(=O)CN1CCC(CCN2CCC(C)CC2)CC1.CNC(=O)CN1CCC(N2CCC(C)CC2)CC1.CNC(=O)Cc1ccc(C)cc1.Cc1ccc(OCc2cc(C)on2)cc1. The topological polar surface area (TPSA) is 366 Å². The third-order valence-corrected chi connectivity index (χ3v) is 26.2. The van der Waals surface area contributed by atoms with E-state index in [4.69, 9.17) is 28.2 Å². The van der Waals surface area contributed by atoms with Crippen LogP contribution in [0.3, 0.4) is 0 Å². The van der Waals surface area contributed by atoms with Crippen LogP contribution in [-0.4, -0.2) is 328 Å². The summed E-state index contributed by atoms with van der Waals surface area (Å²) in [6.07, 6.45) is 38.5. The molecule has 854 valence electrons. The van der Waals surface area contributed by atoms with Crippen LogP contribution in [0.1, 0.15) is 311 Å². The Morgan fingerprint density at radius 2 is 0.707 bits per heavy atom. The molecule has 9 amide bonds. The van der Waals surface area contributed by atoms with Gasteiger partial charge in [0, 0.05) is 154 Å². The second-order valence-electron chi connectivity index (χ2n) is 39.2. The van der Waals surface area contributed by atoms with Gasteiger partial charge in [-0.2, -0.15) is 0 Å². The Bertz CT molecular complexity index is 3590. The van der Waals surface area contributed by atoms with Gasteiger partial charge in [-0.25, -0.2) is 0 Å². The molecule has 0 saturated carbocycles. The normalized spacial score (nSPS) is 15.3. The fraction of sp³-hybridized carbons (Fsp3) is 0.774. The highest BCUT2D eigenvalue weighted by Gasteiger charge is 2.29. The molecule has 6 saturated heterocycles. The first-order valence-corrected chi connectivity index (χ1v) is 55.4. The first-order valence-electron chi connectivity index (χ1n) is 55.4. The van der Waals surface area contributed by atoms with Crippen molar-refractivity contribution < 1.29 is 71.4 Å². The van der Waals surface area contributed by atoms with Crippen LogP contribution in [0.2, 0.25) is 0 Å². The first-order chi connectivity index (χ1) is 69.8. The highest BCUT2D eigenvalue weighted by molar-refractivity contribution is 5.80. The number of likely N-dealkylation sites (tertiary alicyclic amines) is 6. The number of rotatable bonds is 49. The lowest BCUT2D eigenvalue weighted by Crippen LogP contribution is -2.49. The molecule has 147 heavy (non-hydrogen) atoms. The fourth-order valence-electron chi connectivity index (χ4n) is 15.9. The van der Waals surface area contributed by atoms with Crippen LogP contribution in [-0.2, 0) is 75.1 Å². The van der Waals surface area contributed by atoms with Crippen molar-refractivity contribution in [3.05, 3.63) is 95.0 Å². The van der Waals surface area contributed by atoms with Crippen molar-refractivity contribution in [1.82, 2.24) is 87.7 Å². The standard InChI is InChI=1S/C16H31N3O.C16H31N3.C14H27N3O.C12H13NO2.C10H13NO.C9H19NO2.C8H17NO2.C8H17NO.C7H15NO2.C7H15NO.C6H13NO2.2CH4/c1-14-3-8-18(9-4-14)10-5-15-6-11-19(12-7-15)13-16(20)17-2;1-14-4-8-19(9-5-14)13-16-6-10-18(11-7-16)12-15(2)17-3;1-12-3-9-17(10-4-12)13-5-7-16(8-6-13)11-14(18)15-2;1-9-3-5-12(6-4-9)14-8-11-7-10(2)15-13-11;1-8-3-5-9(6-4-8)7-10(12)11-2;1-3-4-5-6-7-12-8-9(11)10-2;1-3-4-5-6-11-7-8(10)9-2;1-3-4-5-6-7-8(10)9-2;1-3-4-5-10-6-7(9)8-2;1-3-4-5-6-7(9)8-2;1-3-4-9-5-6(8)7-2;;/h14-15H,3-13H2,1-2H3,(H,17,20);14,16-17H,2,4-13H2,1,3H3;12-13H,3-11H2,1-2H3,(H,15,18);3-7H,8H2,1-2H3;3-6H,7H2,1-2H3,(H,11,12);3-8H2,1-2H3,(H,10,11);3-7H2,1-2H3,(H,9,10);3-7H2,1-2H3,(H,9,10);3-6H2,1-2H3,(H,8,9);3-6H2,1-2H3,(H,8,9);3-5H2,1-2H3,(H,7,8);2*1H4. The van der Waals surface area contributed by atoms with Crippen molar-refractivity contribution in [2.75, 3.05) is 235 Å². The Balaban J connectivity index is -0.000000773. The molecule has 0 radical (unpaired) electrons. The van der Waals surface area contributed by atoms with Crippen LogP contribution in [0.25, 0.3) is 0 Å². The number of carbonyl (C=O) groups excluding carboxylic acids is 9. The van der Waals surface area contributed by atoms with E-state index in [0.29, 0.717) is 65.4 Å². The smallest absolute Gasteiger partial charge is 0.245 e. The van der Waals surface area contributed by atoms with Crippen molar-refractivity contribution >= 4 is 53.2 Å². The number of benzene rings is 2. The third kappa shape index (κ3) is 86.1. The lowest BCUT2D eigenvalue weighted by molar-refractivity contribution is -0.125. The number of carbonyl (C=O) groups is 9. The van der Waals surface area contributed by atoms with Crippen molar-refractivity contribution in [1.29, 1.82) is 0 Å². The summed E-state index contributed by atoms with van der Waals surface area (Å²) >= 11 is 0. The van der Waals surface area contributed by atoms with Gasteiger partial charge in [-0.15, -0.1) is 0 Å². The molecule has 0 atom stereocenters. The van der Waals surface area contributed by atoms with Crippen molar-refractivity contribution in [3.63, 3.8) is 0 Å². The van der Waals surface area contributed by atoms with Gasteiger partial charge in [0.2, 0.25) is 53.2 Å². The molecule has 0 bridgehead atoms. The maximum absolute atomic E-state index is 11.4. The van der Waals surface area contributed by atoms with Gasteiger partial charge in [-0.1, -0.05) is 207 Å². The summed E-state index contributed by atoms with van der Waals surface area (Å²) in [5.74, 6) is 6.66. The number of amides is 9. The zero-order valence-corrected chi connectivity index (χ0v) is 95.3. The second-order valence-corrected chi connectivity index (χ2v) is 39.2. The number of hydrogen-bond acceptors (Lipinski definition) is 23. The Kier molecular flexibility index (Phi) is 98.4. The van der Waals surface area contributed by atoms with Crippen molar-refractivity contribution in [2.45, 2.75) is 322 Å². The number of ether oxygens (including phenoxy) is 5. The van der Waals surface area contributed by atoms with Gasteiger partial charge in [0.1, 0.15) is 50.2 Å². The molecule has 3 aromatic rings. The predicted octanol–water partition coefficient (Wildman–Crippen LogP) is 16.1. The Hall–Kier alpha value is -8.18. The van der Waals surface area contributed by atoms with Crippen LogP contribution in [0.5, 0.6) is 5.75 Å². The van der Waals surface area contributed by atoms with Crippen LogP contribution in [0, 0.1) is 50.4 Å². The van der Waals surface area contributed by atoms with Gasteiger partial charge < -0.3 is 96.1 Å². The van der Waals surface area contributed by atoms with E-state index in [2.05, 4.69) is 150 Å². The maximum atomic E-state index is 11.4. The molecular weight excluding hydrogens is 1860 g/mol. The van der Waals surface area contributed by atoms with Gasteiger partial charge in [0.05, 0.1) is 19.5 Å². The van der Waals surface area contributed by atoms with E-state index in [1.54, 1.807) is 63.4 Å².